The van der Waals surface area contributed by atoms with Crippen molar-refractivity contribution in [2.45, 2.75) is 0 Å². The predicted molar refractivity (Wildman–Crippen MR) is 65.9 cm³/mol. The van der Waals surface area contributed by atoms with Crippen molar-refractivity contribution in [1.29, 1.82) is 0 Å². The molecule has 1 aliphatic heterocycles. The molecule has 2 rings (SSSR count). The Morgan fingerprint density at radius 2 is 1.76 bits per heavy atom. The maximum absolute atomic E-state index is 10.7. The lowest BCUT2D eigenvalue weighted by Crippen LogP contribution is -2.24. The van der Waals surface area contributed by atoms with Gasteiger partial charge < -0.3 is 21.5 Å². The van der Waals surface area contributed by atoms with E-state index in [0.29, 0.717) is 11.4 Å². The molecule has 0 spiro atoms. The van der Waals surface area contributed by atoms with Gasteiger partial charge >= 0.3 is 6.09 Å². The van der Waals surface area contributed by atoms with E-state index in [9.17, 15) is 4.79 Å². The summed E-state index contributed by atoms with van der Waals surface area (Å²) in [6, 6.07) is 5.16. The highest BCUT2D eigenvalue weighted by atomic mass is 16.4. The number of benzene rings is 1. The molecule has 1 heterocycles. The Bertz CT molecular complexity index is 496. The summed E-state index contributed by atoms with van der Waals surface area (Å²) in [6.07, 6.45) is 5.03. The number of hydrogen-bond acceptors (Lipinski definition) is 4. The van der Waals surface area contributed by atoms with Crippen molar-refractivity contribution >= 4 is 23.2 Å². The van der Waals surface area contributed by atoms with E-state index in [4.69, 9.17) is 16.6 Å². The molecule has 5 N–H and O–H groups in total. The smallest absolute Gasteiger partial charge is 0.415 e. The zero-order chi connectivity index (χ0) is 12.4. The van der Waals surface area contributed by atoms with E-state index in [-0.39, 0.29) is 0 Å². The van der Waals surface area contributed by atoms with Gasteiger partial charge in [0.25, 0.3) is 0 Å². The number of nitrogen functional groups attached to an aromatic ring is 2. The normalized spacial score (nSPS) is 14.1. The fourth-order valence-electron chi connectivity index (χ4n) is 1.48. The van der Waals surface area contributed by atoms with Crippen LogP contribution in [0.1, 0.15) is 0 Å². The van der Waals surface area contributed by atoms with E-state index in [1.807, 2.05) is 0 Å². The highest BCUT2D eigenvalue weighted by Crippen LogP contribution is 2.27. The molecule has 0 saturated heterocycles. The Morgan fingerprint density at radius 3 is 2.29 bits per heavy atom. The molecule has 0 bridgehead atoms. The van der Waals surface area contributed by atoms with Gasteiger partial charge in [-0.3, -0.25) is 4.90 Å². The summed E-state index contributed by atoms with van der Waals surface area (Å²) in [4.78, 5) is 13.4. The molecule has 1 amide bonds. The molecule has 1 aromatic rings. The lowest BCUT2D eigenvalue weighted by atomic mass is 10.2. The third-order valence-corrected chi connectivity index (χ3v) is 2.33. The van der Waals surface area contributed by atoms with Crippen molar-refractivity contribution in [3.05, 3.63) is 43.0 Å². The summed E-state index contributed by atoms with van der Waals surface area (Å²) in [5, 5.41) is 8.75. The molecule has 0 unspecified atom stereocenters. The minimum atomic E-state index is -1.04. The average Bonchev–Trinajstić information content (AvgIpc) is 2.29. The maximum atomic E-state index is 10.7. The van der Waals surface area contributed by atoms with Crippen LogP contribution >= 0.6 is 0 Å². The van der Waals surface area contributed by atoms with E-state index < -0.39 is 6.09 Å². The van der Waals surface area contributed by atoms with Crippen molar-refractivity contribution < 1.29 is 9.90 Å². The molecule has 0 fully saturated rings. The van der Waals surface area contributed by atoms with E-state index >= 15 is 0 Å². The van der Waals surface area contributed by atoms with E-state index in [2.05, 4.69) is 0 Å². The van der Waals surface area contributed by atoms with Crippen molar-refractivity contribution in [2.75, 3.05) is 16.4 Å². The Balaban J connectivity index is 2.24. The van der Waals surface area contributed by atoms with Gasteiger partial charge in [-0.2, -0.15) is 0 Å². The van der Waals surface area contributed by atoms with Crippen LogP contribution in [0, 0.1) is 0 Å². The molecule has 6 heteroatoms. The van der Waals surface area contributed by atoms with Crippen molar-refractivity contribution in [1.82, 2.24) is 4.90 Å². The highest BCUT2D eigenvalue weighted by Gasteiger charge is 2.12. The molecule has 1 aliphatic rings. The van der Waals surface area contributed by atoms with Gasteiger partial charge in [0.05, 0.1) is 11.4 Å². The summed E-state index contributed by atoms with van der Waals surface area (Å²) < 4.78 is 0. The Labute approximate surface area is 98.0 Å². The summed E-state index contributed by atoms with van der Waals surface area (Å²) >= 11 is 0. The summed E-state index contributed by atoms with van der Waals surface area (Å²) in [7, 11) is 0. The molecule has 0 aromatic heterocycles. The maximum Gasteiger partial charge on any atom is 0.415 e. The average molecular weight is 232 g/mol. The van der Waals surface area contributed by atoms with Crippen molar-refractivity contribution in [3.8, 4) is 0 Å². The number of nitrogens with two attached hydrogens (primary N) is 2. The van der Waals surface area contributed by atoms with Gasteiger partial charge in [0.1, 0.15) is 0 Å². The van der Waals surface area contributed by atoms with Crippen LogP contribution in [0.4, 0.5) is 21.9 Å². The van der Waals surface area contributed by atoms with Crippen LogP contribution in [-0.2, 0) is 0 Å². The number of nitrogens with zero attached hydrogens (tertiary/aromatic N) is 2. The van der Waals surface area contributed by atoms with Crippen LogP contribution in [0.25, 0.3) is 0 Å². The lowest BCUT2D eigenvalue weighted by molar-refractivity contribution is 0.175. The van der Waals surface area contributed by atoms with Crippen LogP contribution in [0.3, 0.4) is 0 Å². The predicted octanol–water partition coefficient (Wildman–Crippen LogP) is 1.59. The second-order valence-electron chi connectivity index (χ2n) is 3.51. The van der Waals surface area contributed by atoms with Crippen molar-refractivity contribution in [2.24, 2.45) is 0 Å². The fraction of sp³-hybridized carbons (Fsp3) is 0. The number of carboxylic acid groups (broad SMARTS) is 1. The van der Waals surface area contributed by atoms with E-state index in [1.54, 1.807) is 35.5 Å². The van der Waals surface area contributed by atoms with Crippen molar-refractivity contribution in [3.63, 3.8) is 0 Å². The van der Waals surface area contributed by atoms with E-state index in [1.165, 1.54) is 12.4 Å². The standard InChI is InChI=1S/C11H12N4O2/c12-8-1-2-10(9(13)7-8)14-3-5-15(6-4-14)11(16)17/h1-7H,12-13H2,(H,16,17). The second-order valence-corrected chi connectivity index (χ2v) is 3.51. The number of anilines is 3. The highest BCUT2D eigenvalue weighted by molar-refractivity contribution is 5.75. The zero-order valence-electron chi connectivity index (χ0n) is 8.95. The van der Waals surface area contributed by atoms with Gasteiger partial charge in [0.15, 0.2) is 0 Å². The van der Waals surface area contributed by atoms with Crippen LogP contribution in [0.2, 0.25) is 0 Å². The summed E-state index contributed by atoms with van der Waals surface area (Å²) in [6.45, 7) is 0. The Morgan fingerprint density at radius 1 is 1.12 bits per heavy atom. The number of rotatable bonds is 1. The molecule has 0 aliphatic carbocycles. The molecule has 1 aromatic carbocycles. The quantitative estimate of drug-likeness (QED) is 0.639. The van der Waals surface area contributed by atoms with Crippen LogP contribution < -0.4 is 16.4 Å². The molecule has 17 heavy (non-hydrogen) atoms. The summed E-state index contributed by atoms with van der Waals surface area (Å²) in [5.41, 5.74) is 13.3. The van der Waals surface area contributed by atoms with Crippen LogP contribution in [0.5, 0.6) is 0 Å². The third-order valence-electron chi connectivity index (χ3n) is 2.33. The first-order chi connectivity index (χ1) is 8.08. The number of carbonyl (C=O) groups is 1. The van der Waals surface area contributed by atoms with Gasteiger partial charge in [-0.15, -0.1) is 0 Å². The Hall–Kier alpha value is -2.63. The molecular formula is C11H12N4O2. The third kappa shape index (κ3) is 2.15. The van der Waals surface area contributed by atoms with Gasteiger partial charge in [0, 0.05) is 30.5 Å². The monoisotopic (exact) mass is 232 g/mol. The molecule has 6 nitrogen and oxygen atoms in total. The molecular weight excluding hydrogens is 220 g/mol. The Kier molecular flexibility index (Phi) is 2.61. The largest absolute Gasteiger partial charge is 0.464 e. The minimum absolute atomic E-state index is 0.531. The van der Waals surface area contributed by atoms with Gasteiger partial charge in [0.2, 0.25) is 0 Å². The van der Waals surface area contributed by atoms with Crippen LogP contribution in [-0.4, -0.2) is 16.1 Å². The first-order valence-corrected chi connectivity index (χ1v) is 4.89. The van der Waals surface area contributed by atoms with Gasteiger partial charge in [-0.05, 0) is 18.2 Å². The SMILES string of the molecule is Nc1ccc(N2C=CN(C(=O)O)C=C2)c(N)c1. The molecule has 0 radical (unpaired) electrons. The van der Waals surface area contributed by atoms with Gasteiger partial charge in [-0.1, -0.05) is 0 Å². The van der Waals surface area contributed by atoms with Crippen LogP contribution in [0.15, 0.2) is 43.0 Å². The topological polar surface area (TPSA) is 95.8 Å². The molecule has 0 atom stereocenters. The first-order valence-electron chi connectivity index (χ1n) is 4.89. The number of amides is 1. The van der Waals surface area contributed by atoms with E-state index in [0.717, 1.165) is 10.6 Å². The minimum Gasteiger partial charge on any atom is -0.464 e. The fourth-order valence-corrected chi connectivity index (χ4v) is 1.48. The lowest BCUT2D eigenvalue weighted by Gasteiger charge is -2.23. The zero-order valence-corrected chi connectivity index (χ0v) is 8.95. The summed E-state index contributed by atoms with van der Waals surface area (Å²) in [5.74, 6) is 0. The second kappa shape index (κ2) is 4.09. The molecule has 88 valence electrons. The number of hydrogen-bond donors (Lipinski definition) is 3. The van der Waals surface area contributed by atoms with Gasteiger partial charge in [-0.25, -0.2) is 4.79 Å². The first kappa shape index (κ1) is 10.9. The molecule has 0 saturated carbocycles.